The van der Waals surface area contributed by atoms with Gasteiger partial charge in [-0.15, -0.1) is 0 Å². The fourth-order valence-electron chi connectivity index (χ4n) is 2.60. The van der Waals surface area contributed by atoms with Crippen molar-refractivity contribution in [3.63, 3.8) is 0 Å². The van der Waals surface area contributed by atoms with Gasteiger partial charge in [0.25, 0.3) is 0 Å². The van der Waals surface area contributed by atoms with Crippen molar-refractivity contribution in [1.29, 1.82) is 0 Å². The van der Waals surface area contributed by atoms with Gasteiger partial charge in [0, 0.05) is 13.1 Å². The van der Waals surface area contributed by atoms with Crippen molar-refractivity contribution in [2.24, 2.45) is 0 Å². The van der Waals surface area contributed by atoms with E-state index in [0.29, 0.717) is 5.69 Å². The average molecular weight is 330 g/mol. The molecular weight excluding hydrogens is 304 g/mol. The summed E-state index contributed by atoms with van der Waals surface area (Å²) >= 11 is 0. The molecule has 0 radical (unpaired) electrons. The molecule has 0 aromatic heterocycles. The lowest BCUT2D eigenvalue weighted by Gasteiger charge is -2.18. The average Bonchev–Trinajstić information content (AvgIpc) is 2.60. The molecule has 0 unspecified atom stereocenters. The minimum absolute atomic E-state index is 0.667. The van der Waals surface area contributed by atoms with Crippen LogP contribution in [-0.2, 0) is 13.0 Å². The largest absolute Gasteiger partial charge is 0.495 e. The lowest BCUT2D eigenvalue weighted by Crippen LogP contribution is -2.20. The van der Waals surface area contributed by atoms with E-state index in [-0.39, 0.29) is 0 Å². The van der Waals surface area contributed by atoms with E-state index < -0.39 is 0 Å². The normalized spacial score (nSPS) is 10.7. The Bertz CT molecular complexity index is 674. The maximum absolute atomic E-state index is 5.85. The molecule has 5 nitrogen and oxygen atoms in total. The third-order valence-electron chi connectivity index (χ3n) is 3.98. The van der Waals surface area contributed by atoms with Crippen molar-refractivity contribution in [3.05, 3.63) is 47.5 Å². The fourth-order valence-corrected chi connectivity index (χ4v) is 2.60. The van der Waals surface area contributed by atoms with Crippen molar-refractivity contribution >= 4 is 5.69 Å². The molecule has 0 saturated heterocycles. The van der Waals surface area contributed by atoms with Gasteiger partial charge in [-0.25, -0.2) is 0 Å². The van der Waals surface area contributed by atoms with Crippen LogP contribution in [0.4, 0.5) is 5.69 Å². The lowest BCUT2D eigenvalue weighted by molar-refractivity contribution is 0.327. The standard InChI is InChI=1S/C19H26N2O3/c1-21(10-9-14-5-7-16(20)18(11-14)23-3)13-15-6-8-17(22-2)19(12-15)24-4/h5-8,11-12H,9-10,13,20H2,1-4H3. The summed E-state index contributed by atoms with van der Waals surface area (Å²) in [6, 6.07) is 11.9. The molecular formula is C19H26N2O3. The zero-order chi connectivity index (χ0) is 17.5. The number of hydrogen-bond donors (Lipinski definition) is 1. The summed E-state index contributed by atoms with van der Waals surface area (Å²) in [6.07, 6.45) is 0.931. The maximum Gasteiger partial charge on any atom is 0.161 e. The summed E-state index contributed by atoms with van der Waals surface area (Å²) in [4.78, 5) is 2.27. The van der Waals surface area contributed by atoms with Gasteiger partial charge >= 0.3 is 0 Å². The highest BCUT2D eigenvalue weighted by molar-refractivity contribution is 5.53. The minimum atomic E-state index is 0.667. The van der Waals surface area contributed by atoms with E-state index in [9.17, 15) is 0 Å². The predicted molar refractivity (Wildman–Crippen MR) is 97.0 cm³/mol. The Morgan fingerprint density at radius 2 is 1.46 bits per heavy atom. The van der Waals surface area contributed by atoms with Crippen molar-refractivity contribution in [2.75, 3.05) is 40.7 Å². The highest BCUT2D eigenvalue weighted by Crippen LogP contribution is 2.28. The van der Waals surface area contributed by atoms with E-state index in [1.165, 1.54) is 11.1 Å². The van der Waals surface area contributed by atoms with Gasteiger partial charge in [0.2, 0.25) is 0 Å². The molecule has 2 aromatic carbocycles. The topological polar surface area (TPSA) is 57.0 Å². The van der Waals surface area contributed by atoms with Crippen LogP contribution in [0.3, 0.4) is 0 Å². The maximum atomic E-state index is 5.85. The first-order valence-electron chi connectivity index (χ1n) is 7.89. The smallest absolute Gasteiger partial charge is 0.161 e. The second-order valence-electron chi connectivity index (χ2n) is 5.75. The highest BCUT2D eigenvalue weighted by atomic mass is 16.5. The van der Waals surface area contributed by atoms with Gasteiger partial charge in [0.05, 0.1) is 27.0 Å². The van der Waals surface area contributed by atoms with Crippen molar-refractivity contribution in [3.8, 4) is 17.2 Å². The Kier molecular flexibility index (Phi) is 6.32. The first kappa shape index (κ1) is 17.9. The molecule has 5 heteroatoms. The molecule has 0 aliphatic carbocycles. The summed E-state index contributed by atoms with van der Waals surface area (Å²) in [7, 11) is 7.04. The van der Waals surface area contributed by atoms with Crippen LogP contribution in [0.25, 0.3) is 0 Å². The van der Waals surface area contributed by atoms with Crippen molar-refractivity contribution < 1.29 is 14.2 Å². The first-order chi connectivity index (χ1) is 11.6. The van der Waals surface area contributed by atoms with Crippen LogP contribution in [0.1, 0.15) is 11.1 Å². The van der Waals surface area contributed by atoms with Gasteiger partial charge in [-0.3, -0.25) is 0 Å². The van der Waals surface area contributed by atoms with Gasteiger partial charge in [-0.2, -0.15) is 0 Å². The molecule has 0 heterocycles. The number of nitrogens with two attached hydrogens (primary N) is 1. The first-order valence-corrected chi connectivity index (χ1v) is 7.89. The Morgan fingerprint density at radius 1 is 0.833 bits per heavy atom. The molecule has 0 spiro atoms. The van der Waals surface area contributed by atoms with Crippen LogP contribution < -0.4 is 19.9 Å². The number of anilines is 1. The zero-order valence-electron chi connectivity index (χ0n) is 14.8. The van der Waals surface area contributed by atoms with Crippen LogP contribution in [0.15, 0.2) is 36.4 Å². The van der Waals surface area contributed by atoms with Crippen molar-refractivity contribution in [2.45, 2.75) is 13.0 Å². The number of rotatable bonds is 8. The second kappa shape index (κ2) is 8.45. The van der Waals surface area contributed by atoms with E-state index in [1.54, 1.807) is 21.3 Å². The van der Waals surface area contributed by atoms with Gasteiger partial charge in [0.1, 0.15) is 5.75 Å². The van der Waals surface area contributed by atoms with Crippen LogP contribution >= 0.6 is 0 Å². The number of ether oxygens (including phenoxy) is 3. The number of nitrogen functional groups attached to an aromatic ring is 1. The molecule has 0 saturated carbocycles. The molecule has 0 aliphatic rings. The Morgan fingerprint density at radius 3 is 2.12 bits per heavy atom. The third-order valence-corrected chi connectivity index (χ3v) is 3.98. The molecule has 0 atom stereocenters. The van der Waals surface area contributed by atoms with Gasteiger partial charge < -0.3 is 24.8 Å². The Labute approximate surface area is 143 Å². The van der Waals surface area contributed by atoms with E-state index in [1.807, 2.05) is 30.3 Å². The molecule has 24 heavy (non-hydrogen) atoms. The van der Waals surface area contributed by atoms with E-state index >= 15 is 0 Å². The lowest BCUT2D eigenvalue weighted by atomic mass is 10.1. The number of likely N-dealkylation sites (N-methyl/N-ethyl adjacent to an activating group) is 1. The van der Waals surface area contributed by atoms with Crippen LogP contribution in [0.5, 0.6) is 17.2 Å². The molecule has 130 valence electrons. The van der Waals surface area contributed by atoms with E-state index in [4.69, 9.17) is 19.9 Å². The summed E-state index contributed by atoms with van der Waals surface area (Å²) in [5, 5.41) is 0. The van der Waals surface area contributed by atoms with Crippen molar-refractivity contribution in [1.82, 2.24) is 4.90 Å². The highest BCUT2D eigenvalue weighted by Gasteiger charge is 2.08. The Hall–Kier alpha value is -2.40. The second-order valence-corrected chi connectivity index (χ2v) is 5.75. The molecule has 0 aliphatic heterocycles. The molecule has 0 fully saturated rings. The van der Waals surface area contributed by atoms with Gasteiger partial charge in [-0.1, -0.05) is 12.1 Å². The van der Waals surface area contributed by atoms with Gasteiger partial charge in [0.15, 0.2) is 11.5 Å². The summed E-state index contributed by atoms with van der Waals surface area (Å²) in [5.74, 6) is 2.24. The quantitative estimate of drug-likeness (QED) is 0.754. The van der Waals surface area contributed by atoms with Crippen LogP contribution in [0.2, 0.25) is 0 Å². The van der Waals surface area contributed by atoms with E-state index in [0.717, 1.165) is 36.8 Å². The van der Waals surface area contributed by atoms with E-state index in [2.05, 4.69) is 18.0 Å². The number of methoxy groups -OCH3 is 3. The SMILES string of the molecule is COc1cc(CCN(C)Cc2ccc(OC)c(OC)c2)ccc1N. The fraction of sp³-hybridized carbons (Fsp3) is 0.368. The molecule has 2 aromatic rings. The van der Waals surface area contributed by atoms with Crippen LogP contribution in [0, 0.1) is 0 Å². The van der Waals surface area contributed by atoms with Gasteiger partial charge in [-0.05, 0) is 48.9 Å². The zero-order valence-corrected chi connectivity index (χ0v) is 14.8. The summed E-state index contributed by atoms with van der Waals surface area (Å²) in [6.45, 7) is 1.77. The minimum Gasteiger partial charge on any atom is -0.495 e. The number of hydrogen-bond acceptors (Lipinski definition) is 5. The third kappa shape index (κ3) is 4.55. The molecule has 2 rings (SSSR count). The number of benzene rings is 2. The number of nitrogens with zero attached hydrogens (tertiary/aromatic N) is 1. The molecule has 2 N–H and O–H groups in total. The predicted octanol–water partition coefficient (Wildman–Crippen LogP) is 2.97. The summed E-state index contributed by atoms with van der Waals surface area (Å²) in [5.41, 5.74) is 8.91. The molecule has 0 bridgehead atoms. The Balaban J connectivity index is 1.95. The molecule has 0 amide bonds. The monoisotopic (exact) mass is 330 g/mol. The van der Waals surface area contributed by atoms with Crippen LogP contribution in [-0.4, -0.2) is 39.8 Å². The summed E-state index contributed by atoms with van der Waals surface area (Å²) < 4.78 is 15.9.